The van der Waals surface area contributed by atoms with Gasteiger partial charge in [-0.3, -0.25) is 5.10 Å². The summed E-state index contributed by atoms with van der Waals surface area (Å²) in [5.74, 6) is 1.71. The summed E-state index contributed by atoms with van der Waals surface area (Å²) in [5.41, 5.74) is 2.90. The quantitative estimate of drug-likeness (QED) is 0.765. The number of H-pyrrole nitrogens is 1. The number of nitrogens with one attached hydrogen (secondary N) is 2. The molecule has 0 aliphatic rings. The average Bonchev–Trinajstić information content (AvgIpc) is 3.13. The third kappa shape index (κ3) is 2.09. The Bertz CT molecular complexity index is 676. The lowest BCUT2D eigenvalue weighted by atomic mass is 10.2. The summed E-state index contributed by atoms with van der Waals surface area (Å²) in [6.45, 7) is 3.95. The normalized spacial score (nSPS) is 12.6. The molecular formula is C14H17N5O. The molecule has 2 N–H and O–H groups in total. The molecule has 3 aromatic rings. The Hall–Kier alpha value is -2.50. The summed E-state index contributed by atoms with van der Waals surface area (Å²) in [6.07, 6.45) is 5.37. The number of hydrogen-bond acceptors (Lipinski definition) is 4. The highest BCUT2D eigenvalue weighted by Gasteiger charge is 2.23. The van der Waals surface area contributed by atoms with Gasteiger partial charge in [0, 0.05) is 19.4 Å². The third-order valence-corrected chi connectivity index (χ3v) is 3.36. The Kier molecular flexibility index (Phi) is 3.06. The molecule has 0 saturated carbocycles. The van der Waals surface area contributed by atoms with Gasteiger partial charge in [0.2, 0.25) is 0 Å². The van der Waals surface area contributed by atoms with Crippen molar-refractivity contribution in [3.05, 3.63) is 53.8 Å². The summed E-state index contributed by atoms with van der Waals surface area (Å²) in [4.78, 5) is 4.42. The van der Waals surface area contributed by atoms with Crippen LogP contribution in [0.5, 0.6) is 0 Å². The molecular weight excluding hydrogens is 254 g/mol. The fourth-order valence-corrected chi connectivity index (χ4v) is 2.28. The number of anilines is 1. The fourth-order valence-electron chi connectivity index (χ4n) is 2.28. The van der Waals surface area contributed by atoms with Gasteiger partial charge in [-0.2, -0.15) is 5.10 Å². The van der Waals surface area contributed by atoms with Crippen molar-refractivity contribution >= 4 is 5.69 Å². The summed E-state index contributed by atoms with van der Waals surface area (Å²) < 4.78 is 7.53. The summed E-state index contributed by atoms with van der Waals surface area (Å²) in [7, 11) is 1.97. The van der Waals surface area contributed by atoms with E-state index >= 15 is 0 Å². The van der Waals surface area contributed by atoms with Gasteiger partial charge in [0.25, 0.3) is 0 Å². The van der Waals surface area contributed by atoms with E-state index in [1.165, 1.54) is 0 Å². The highest BCUT2D eigenvalue weighted by molar-refractivity contribution is 5.53. The first kappa shape index (κ1) is 12.5. The number of hydrogen-bond donors (Lipinski definition) is 2. The molecule has 0 saturated heterocycles. The molecule has 6 heteroatoms. The van der Waals surface area contributed by atoms with Crippen molar-refractivity contribution in [1.82, 2.24) is 19.7 Å². The Balaban J connectivity index is 2.01. The molecule has 104 valence electrons. The largest absolute Gasteiger partial charge is 0.467 e. The van der Waals surface area contributed by atoms with E-state index in [9.17, 15) is 0 Å². The molecule has 6 nitrogen and oxygen atoms in total. The first-order valence-electron chi connectivity index (χ1n) is 6.45. The number of furan rings is 1. The van der Waals surface area contributed by atoms with Crippen molar-refractivity contribution in [2.45, 2.75) is 19.9 Å². The minimum atomic E-state index is -0.153. The molecule has 0 amide bonds. The lowest BCUT2D eigenvalue weighted by molar-refractivity contribution is 0.488. The second-order valence-electron chi connectivity index (χ2n) is 4.80. The first-order chi connectivity index (χ1) is 9.66. The van der Waals surface area contributed by atoms with E-state index in [1.54, 1.807) is 12.5 Å². The molecule has 0 spiro atoms. The molecule has 0 aliphatic carbocycles. The second kappa shape index (κ2) is 4.88. The van der Waals surface area contributed by atoms with E-state index in [2.05, 4.69) is 20.5 Å². The van der Waals surface area contributed by atoms with Crippen molar-refractivity contribution in [2.24, 2.45) is 7.05 Å². The Morgan fingerprint density at radius 3 is 2.80 bits per heavy atom. The van der Waals surface area contributed by atoms with Crippen molar-refractivity contribution in [2.75, 3.05) is 5.32 Å². The predicted molar refractivity (Wildman–Crippen MR) is 75.4 cm³/mol. The molecule has 0 aliphatic heterocycles. The number of aromatic nitrogens is 4. The topological polar surface area (TPSA) is 71.7 Å². The lowest BCUT2D eigenvalue weighted by Gasteiger charge is -2.18. The highest BCUT2D eigenvalue weighted by atomic mass is 16.3. The number of aryl methyl sites for hydroxylation is 3. The molecule has 0 aromatic carbocycles. The summed E-state index contributed by atoms with van der Waals surface area (Å²) >= 11 is 0. The van der Waals surface area contributed by atoms with E-state index < -0.39 is 0 Å². The zero-order valence-electron chi connectivity index (χ0n) is 11.7. The van der Waals surface area contributed by atoms with E-state index in [-0.39, 0.29) is 6.04 Å². The van der Waals surface area contributed by atoms with Crippen LogP contribution in [-0.4, -0.2) is 19.7 Å². The Morgan fingerprint density at radius 1 is 1.40 bits per heavy atom. The SMILES string of the molecule is Cc1n[nH]c(C)c1NC(c1ccco1)c1nccn1C. The van der Waals surface area contributed by atoms with Crippen molar-refractivity contribution < 1.29 is 4.42 Å². The molecule has 3 heterocycles. The van der Waals surface area contributed by atoms with E-state index in [0.717, 1.165) is 28.7 Å². The number of aromatic amines is 1. The summed E-state index contributed by atoms with van der Waals surface area (Å²) in [5, 5.41) is 10.7. The Morgan fingerprint density at radius 2 is 2.25 bits per heavy atom. The first-order valence-corrected chi connectivity index (χ1v) is 6.45. The van der Waals surface area contributed by atoms with Gasteiger partial charge >= 0.3 is 0 Å². The monoisotopic (exact) mass is 271 g/mol. The average molecular weight is 271 g/mol. The molecule has 1 unspecified atom stereocenters. The minimum Gasteiger partial charge on any atom is -0.467 e. The maximum absolute atomic E-state index is 5.56. The van der Waals surface area contributed by atoms with Gasteiger partial charge in [-0.15, -0.1) is 0 Å². The zero-order chi connectivity index (χ0) is 14.1. The molecule has 1 atom stereocenters. The molecule has 0 fully saturated rings. The van der Waals surface area contributed by atoms with Gasteiger partial charge in [-0.05, 0) is 26.0 Å². The van der Waals surface area contributed by atoms with Crippen LogP contribution in [0, 0.1) is 13.8 Å². The van der Waals surface area contributed by atoms with Gasteiger partial charge in [-0.25, -0.2) is 4.98 Å². The van der Waals surface area contributed by atoms with Crippen LogP contribution in [0.1, 0.15) is 29.0 Å². The maximum Gasteiger partial charge on any atom is 0.143 e. The van der Waals surface area contributed by atoms with E-state index in [0.29, 0.717) is 0 Å². The van der Waals surface area contributed by atoms with Crippen LogP contribution in [0.3, 0.4) is 0 Å². The smallest absolute Gasteiger partial charge is 0.143 e. The van der Waals surface area contributed by atoms with Crippen LogP contribution >= 0.6 is 0 Å². The van der Waals surface area contributed by atoms with Crippen LogP contribution in [0.4, 0.5) is 5.69 Å². The number of nitrogens with zero attached hydrogens (tertiary/aromatic N) is 3. The third-order valence-electron chi connectivity index (χ3n) is 3.36. The van der Waals surface area contributed by atoms with Gasteiger partial charge in [0.1, 0.15) is 17.6 Å². The lowest BCUT2D eigenvalue weighted by Crippen LogP contribution is -2.16. The number of rotatable bonds is 4. The van der Waals surface area contributed by atoms with Crippen molar-refractivity contribution in [3.63, 3.8) is 0 Å². The standard InChI is InChI=1S/C14H17N5O/c1-9-12(10(2)18-17-9)16-13(11-5-4-8-20-11)14-15-6-7-19(14)3/h4-8,13,16H,1-3H3,(H,17,18). The van der Waals surface area contributed by atoms with E-state index in [1.807, 2.05) is 43.8 Å². The van der Waals surface area contributed by atoms with Gasteiger partial charge in [0.05, 0.1) is 23.3 Å². The molecule has 0 bridgehead atoms. The molecule has 3 rings (SSSR count). The van der Waals surface area contributed by atoms with Gasteiger partial charge in [-0.1, -0.05) is 0 Å². The minimum absolute atomic E-state index is 0.153. The van der Waals surface area contributed by atoms with Crippen LogP contribution in [0.25, 0.3) is 0 Å². The van der Waals surface area contributed by atoms with Crippen LogP contribution in [0.2, 0.25) is 0 Å². The molecule has 3 aromatic heterocycles. The highest BCUT2D eigenvalue weighted by Crippen LogP contribution is 2.28. The maximum atomic E-state index is 5.56. The Labute approximate surface area is 116 Å². The van der Waals surface area contributed by atoms with Gasteiger partial charge in [0.15, 0.2) is 0 Å². The molecule has 0 radical (unpaired) electrons. The predicted octanol–water partition coefficient (Wildman–Crippen LogP) is 2.55. The molecule has 20 heavy (non-hydrogen) atoms. The second-order valence-corrected chi connectivity index (χ2v) is 4.80. The van der Waals surface area contributed by atoms with E-state index in [4.69, 9.17) is 4.42 Å². The van der Waals surface area contributed by atoms with Crippen LogP contribution in [0.15, 0.2) is 35.2 Å². The van der Waals surface area contributed by atoms with Crippen LogP contribution < -0.4 is 5.32 Å². The van der Waals surface area contributed by atoms with Gasteiger partial charge < -0.3 is 14.3 Å². The van der Waals surface area contributed by atoms with Crippen molar-refractivity contribution in [1.29, 1.82) is 0 Å². The fraction of sp³-hybridized carbons (Fsp3) is 0.286. The van der Waals surface area contributed by atoms with Crippen LogP contribution in [-0.2, 0) is 7.05 Å². The van der Waals surface area contributed by atoms with Crippen molar-refractivity contribution in [3.8, 4) is 0 Å². The number of imidazole rings is 1. The zero-order valence-corrected chi connectivity index (χ0v) is 11.7. The summed E-state index contributed by atoms with van der Waals surface area (Å²) in [6, 6.07) is 3.67.